The molecule has 9 nitrogen and oxygen atoms in total. The summed E-state index contributed by atoms with van der Waals surface area (Å²) in [7, 11) is 1.95. The van der Waals surface area contributed by atoms with Gasteiger partial charge >= 0.3 is 0 Å². The molecular weight excluding hydrogens is 404 g/mol. The van der Waals surface area contributed by atoms with Gasteiger partial charge in [-0.1, -0.05) is 19.9 Å². The van der Waals surface area contributed by atoms with Crippen molar-refractivity contribution in [2.75, 3.05) is 22.6 Å². The molecule has 3 aromatic heterocycles. The summed E-state index contributed by atoms with van der Waals surface area (Å²) >= 11 is 0. The zero-order valence-electron chi connectivity index (χ0n) is 18.6. The van der Waals surface area contributed by atoms with E-state index in [0.717, 1.165) is 34.0 Å². The number of likely N-dealkylation sites (N-methyl/N-ethyl adjacent to an activating group) is 1. The molecule has 1 amide bonds. The number of nitrogens with zero attached hydrogens (tertiary/aromatic N) is 6. The number of carbonyl (C=O) groups excluding carboxylic acids is 1. The third-order valence-corrected chi connectivity index (χ3v) is 5.57. The Balaban J connectivity index is 1.45. The fraction of sp³-hybridized carbons (Fsp3) is 0.348. The molecule has 1 unspecified atom stereocenters. The first kappa shape index (κ1) is 21.3. The highest BCUT2D eigenvalue weighted by Crippen LogP contribution is 2.36. The van der Waals surface area contributed by atoms with E-state index in [9.17, 15) is 4.79 Å². The summed E-state index contributed by atoms with van der Waals surface area (Å²) in [5, 5.41) is 19.7. The molecule has 1 aliphatic heterocycles. The molecule has 1 aliphatic rings. The predicted octanol–water partition coefficient (Wildman–Crippen LogP) is 2.93. The number of aromatic nitrogens is 4. The lowest BCUT2D eigenvalue weighted by molar-refractivity contribution is -0.118. The van der Waals surface area contributed by atoms with Gasteiger partial charge in [0.1, 0.15) is 23.6 Å². The monoisotopic (exact) mass is 430 g/mol. The van der Waals surface area contributed by atoms with E-state index < -0.39 is 0 Å². The molecule has 4 heterocycles. The number of nitriles is 1. The fourth-order valence-corrected chi connectivity index (χ4v) is 4.00. The molecule has 2 N–H and O–H groups in total. The van der Waals surface area contributed by atoms with Gasteiger partial charge in [-0.25, -0.2) is 9.97 Å². The molecule has 0 spiro atoms. The second-order valence-electron chi connectivity index (χ2n) is 8.34. The fourth-order valence-electron chi connectivity index (χ4n) is 4.00. The van der Waals surface area contributed by atoms with E-state index in [1.54, 1.807) is 12.3 Å². The zero-order chi connectivity index (χ0) is 22.8. The molecule has 1 atom stereocenters. The lowest BCUT2D eigenvalue weighted by Gasteiger charge is -2.38. The van der Waals surface area contributed by atoms with Gasteiger partial charge in [0.25, 0.3) is 0 Å². The highest BCUT2D eigenvalue weighted by molar-refractivity contribution is 6.04. The van der Waals surface area contributed by atoms with Crippen molar-refractivity contribution in [2.45, 2.75) is 39.9 Å². The molecule has 3 aromatic rings. The molecular formula is C23H26N8O. The Morgan fingerprint density at radius 2 is 2.09 bits per heavy atom. The number of pyridine rings is 2. The number of fused-ring (bicyclic) bond motifs is 1. The van der Waals surface area contributed by atoms with Crippen LogP contribution >= 0.6 is 0 Å². The van der Waals surface area contributed by atoms with E-state index in [1.807, 2.05) is 68.0 Å². The van der Waals surface area contributed by atoms with Crippen LogP contribution in [-0.2, 0) is 17.9 Å². The summed E-state index contributed by atoms with van der Waals surface area (Å²) in [6.07, 6.45) is 5.48. The van der Waals surface area contributed by atoms with Crippen molar-refractivity contribution < 1.29 is 4.79 Å². The maximum absolute atomic E-state index is 12.5. The summed E-state index contributed by atoms with van der Waals surface area (Å²) in [4.78, 5) is 23.2. The standard InChI is InChI=1S/C23H26N8O/c1-14(2)22-23(32)29-21-15(3)28-20(7-19(21)30(22)4)26-10-17-11-27-31(13-17)12-16-5-6-18(8-24)25-9-16/h5-7,9,11,13-14,22H,10,12H2,1-4H3,(H,26,28)(H,29,32). The van der Waals surface area contributed by atoms with Crippen LogP contribution in [-0.4, -0.2) is 38.7 Å². The number of nitrogens with one attached hydrogen (secondary N) is 2. The first-order valence-corrected chi connectivity index (χ1v) is 10.5. The summed E-state index contributed by atoms with van der Waals surface area (Å²) in [6, 6.07) is 7.36. The van der Waals surface area contributed by atoms with Crippen molar-refractivity contribution in [1.29, 1.82) is 5.26 Å². The summed E-state index contributed by atoms with van der Waals surface area (Å²) in [5.41, 5.74) is 4.90. The molecule has 0 saturated carbocycles. The largest absolute Gasteiger partial charge is 0.366 e. The number of anilines is 3. The Morgan fingerprint density at radius 3 is 2.78 bits per heavy atom. The van der Waals surface area contributed by atoms with Crippen LogP contribution < -0.4 is 15.5 Å². The maximum atomic E-state index is 12.5. The second-order valence-corrected chi connectivity index (χ2v) is 8.34. The summed E-state index contributed by atoms with van der Waals surface area (Å²) in [5.74, 6) is 0.941. The summed E-state index contributed by atoms with van der Waals surface area (Å²) < 4.78 is 1.84. The number of hydrogen-bond donors (Lipinski definition) is 2. The minimum atomic E-state index is -0.216. The van der Waals surface area contributed by atoms with Gasteiger partial charge in [-0.3, -0.25) is 9.48 Å². The maximum Gasteiger partial charge on any atom is 0.247 e. The van der Waals surface area contributed by atoms with Gasteiger partial charge in [-0.15, -0.1) is 0 Å². The van der Waals surface area contributed by atoms with Gasteiger partial charge in [0.2, 0.25) is 5.91 Å². The van der Waals surface area contributed by atoms with Gasteiger partial charge in [0.05, 0.1) is 29.8 Å². The lowest BCUT2D eigenvalue weighted by atomic mass is 9.98. The van der Waals surface area contributed by atoms with E-state index in [1.165, 1.54) is 0 Å². The zero-order valence-corrected chi connectivity index (χ0v) is 18.6. The predicted molar refractivity (Wildman–Crippen MR) is 122 cm³/mol. The van der Waals surface area contributed by atoms with Crippen LogP contribution in [0.4, 0.5) is 17.2 Å². The van der Waals surface area contributed by atoms with Crippen LogP contribution in [0, 0.1) is 24.2 Å². The SMILES string of the molecule is Cc1nc(NCc2cnn(Cc3ccc(C#N)nc3)c2)cc2c1NC(=O)C(C(C)C)N2C. The summed E-state index contributed by atoms with van der Waals surface area (Å²) in [6.45, 7) is 7.14. The number of aryl methyl sites for hydroxylation is 1. The van der Waals surface area contributed by atoms with Crippen LogP contribution in [0.5, 0.6) is 0 Å². The molecule has 0 fully saturated rings. The Kier molecular flexibility index (Phi) is 5.77. The minimum absolute atomic E-state index is 0.00508. The van der Waals surface area contributed by atoms with Crippen molar-refractivity contribution >= 4 is 23.1 Å². The molecule has 164 valence electrons. The topological polar surface area (TPSA) is 112 Å². The Bertz CT molecular complexity index is 1180. The number of hydrogen-bond acceptors (Lipinski definition) is 7. The first-order valence-electron chi connectivity index (χ1n) is 10.5. The second kappa shape index (κ2) is 8.67. The van der Waals surface area contributed by atoms with E-state index in [-0.39, 0.29) is 17.9 Å². The van der Waals surface area contributed by atoms with Crippen molar-refractivity contribution in [2.24, 2.45) is 5.92 Å². The van der Waals surface area contributed by atoms with E-state index in [4.69, 9.17) is 5.26 Å². The van der Waals surface area contributed by atoms with Crippen molar-refractivity contribution in [3.63, 3.8) is 0 Å². The van der Waals surface area contributed by atoms with Crippen LogP contribution in [0.3, 0.4) is 0 Å². The van der Waals surface area contributed by atoms with Crippen LogP contribution in [0.15, 0.2) is 36.8 Å². The Labute approximate surface area is 187 Å². The molecule has 0 bridgehead atoms. The minimum Gasteiger partial charge on any atom is -0.366 e. The highest BCUT2D eigenvalue weighted by Gasteiger charge is 2.34. The highest BCUT2D eigenvalue weighted by atomic mass is 16.2. The number of rotatable bonds is 6. The van der Waals surface area contributed by atoms with Gasteiger partial charge in [-0.2, -0.15) is 10.4 Å². The molecule has 9 heteroatoms. The van der Waals surface area contributed by atoms with E-state index in [0.29, 0.717) is 18.8 Å². The molecule has 0 radical (unpaired) electrons. The van der Waals surface area contributed by atoms with E-state index >= 15 is 0 Å². The molecule has 4 rings (SSSR count). The molecule has 0 saturated heterocycles. The number of carbonyl (C=O) groups is 1. The first-order chi connectivity index (χ1) is 15.4. The van der Waals surface area contributed by atoms with E-state index in [2.05, 4.69) is 25.7 Å². The van der Waals surface area contributed by atoms with Crippen molar-refractivity contribution in [3.8, 4) is 6.07 Å². The lowest BCUT2D eigenvalue weighted by Crippen LogP contribution is -2.49. The van der Waals surface area contributed by atoms with Crippen LogP contribution in [0.1, 0.15) is 36.4 Å². The van der Waals surface area contributed by atoms with Gasteiger partial charge in [0.15, 0.2) is 0 Å². The van der Waals surface area contributed by atoms with Crippen molar-refractivity contribution in [1.82, 2.24) is 19.7 Å². The van der Waals surface area contributed by atoms with Crippen LogP contribution in [0.25, 0.3) is 0 Å². The molecule has 0 aliphatic carbocycles. The Hall–Kier alpha value is -3.93. The number of amides is 1. The smallest absolute Gasteiger partial charge is 0.247 e. The average molecular weight is 431 g/mol. The van der Waals surface area contributed by atoms with Crippen molar-refractivity contribution in [3.05, 3.63) is 59.3 Å². The molecule has 32 heavy (non-hydrogen) atoms. The van der Waals surface area contributed by atoms with Gasteiger partial charge < -0.3 is 15.5 Å². The van der Waals surface area contributed by atoms with Gasteiger partial charge in [0, 0.05) is 37.6 Å². The normalized spacial score (nSPS) is 15.3. The molecule has 0 aromatic carbocycles. The Morgan fingerprint density at radius 1 is 1.28 bits per heavy atom. The average Bonchev–Trinajstić information content (AvgIpc) is 3.21. The third-order valence-electron chi connectivity index (χ3n) is 5.57. The third kappa shape index (κ3) is 4.25. The quantitative estimate of drug-likeness (QED) is 0.618. The van der Waals surface area contributed by atoms with Crippen LogP contribution in [0.2, 0.25) is 0 Å². The van der Waals surface area contributed by atoms with Gasteiger partial charge in [-0.05, 0) is 24.5 Å².